The van der Waals surface area contributed by atoms with Crippen molar-refractivity contribution in [3.63, 3.8) is 0 Å². The van der Waals surface area contributed by atoms with Crippen LogP contribution in [0, 0.1) is 5.92 Å². The fourth-order valence-electron chi connectivity index (χ4n) is 2.90. The fourth-order valence-corrected chi connectivity index (χ4v) is 3.85. The van der Waals surface area contributed by atoms with E-state index in [1.54, 1.807) is 22.9 Å². The highest BCUT2D eigenvalue weighted by molar-refractivity contribution is 7.89. The molecule has 3 aromatic rings. The predicted molar refractivity (Wildman–Crippen MR) is 106 cm³/mol. The minimum Gasteiger partial charge on any atom is -0.326 e. The molecule has 4 rings (SSSR count). The van der Waals surface area contributed by atoms with Crippen LogP contribution in [-0.4, -0.2) is 35.1 Å². The minimum atomic E-state index is -3.49. The number of anilines is 1. The minimum absolute atomic E-state index is 0.0257. The van der Waals surface area contributed by atoms with Gasteiger partial charge in [-0.2, -0.15) is 0 Å². The van der Waals surface area contributed by atoms with Crippen molar-refractivity contribution in [3.05, 3.63) is 54.1 Å². The number of para-hydroxylation sites is 1. The third-order valence-corrected chi connectivity index (χ3v) is 5.94. The number of amides is 1. The van der Waals surface area contributed by atoms with Gasteiger partial charge in [-0.1, -0.05) is 29.5 Å². The zero-order chi connectivity index (χ0) is 19.6. The molecule has 1 heterocycles. The molecule has 1 saturated carbocycles. The lowest BCUT2D eigenvalue weighted by Crippen LogP contribution is -2.28. The summed E-state index contributed by atoms with van der Waals surface area (Å²) < 4.78 is 28.9. The summed E-state index contributed by atoms with van der Waals surface area (Å²) in [7, 11) is -3.49. The normalized spacial score (nSPS) is 14.3. The van der Waals surface area contributed by atoms with Crippen LogP contribution in [0.2, 0.25) is 0 Å². The number of aromatic nitrogens is 3. The van der Waals surface area contributed by atoms with Crippen LogP contribution in [-0.2, 0) is 27.9 Å². The molecular formula is C19H21N5O3S. The molecule has 1 fully saturated rings. The highest BCUT2D eigenvalue weighted by atomic mass is 32.2. The number of sulfonamides is 1. The monoisotopic (exact) mass is 399 g/mol. The Morgan fingerprint density at radius 1 is 1.14 bits per heavy atom. The van der Waals surface area contributed by atoms with E-state index in [0.29, 0.717) is 5.69 Å². The third kappa shape index (κ3) is 4.55. The second-order valence-electron chi connectivity index (χ2n) is 6.91. The van der Waals surface area contributed by atoms with Gasteiger partial charge in [0.05, 0.1) is 17.8 Å². The lowest BCUT2D eigenvalue weighted by atomic mass is 10.2. The van der Waals surface area contributed by atoms with Crippen LogP contribution in [0.1, 0.15) is 18.4 Å². The summed E-state index contributed by atoms with van der Waals surface area (Å²) in [6.45, 7) is 0.376. The molecule has 1 aromatic heterocycles. The van der Waals surface area contributed by atoms with E-state index in [0.717, 1.165) is 29.4 Å². The molecule has 0 aliphatic heterocycles. The Morgan fingerprint density at radius 3 is 2.79 bits per heavy atom. The molecule has 0 saturated heterocycles. The largest absolute Gasteiger partial charge is 0.326 e. The lowest BCUT2D eigenvalue weighted by Gasteiger charge is -2.09. The van der Waals surface area contributed by atoms with Crippen LogP contribution < -0.4 is 10.0 Å². The number of nitrogens with zero attached hydrogens (tertiary/aromatic N) is 3. The maximum atomic E-state index is 12.4. The molecule has 146 valence electrons. The van der Waals surface area contributed by atoms with Crippen molar-refractivity contribution in [2.45, 2.75) is 25.9 Å². The topological polar surface area (TPSA) is 106 Å². The van der Waals surface area contributed by atoms with E-state index in [2.05, 4.69) is 20.4 Å². The number of carbonyl (C=O) groups excluding carboxylic acids is 1. The molecule has 2 N–H and O–H groups in total. The van der Waals surface area contributed by atoms with Gasteiger partial charge in [0.25, 0.3) is 0 Å². The average Bonchev–Trinajstić information content (AvgIpc) is 3.46. The Balaban J connectivity index is 1.34. The molecular weight excluding hydrogens is 378 g/mol. The molecule has 8 nitrogen and oxygen atoms in total. The predicted octanol–water partition coefficient (Wildman–Crippen LogP) is 1.90. The molecule has 1 aliphatic carbocycles. The van der Waals surface area contributed by atoms with E-state index in [-0.39, 0.29) is 30.7 Å². The number of carbonyl (C=O) groups is 1. The average molecular weight is 399 g/mol. The van der Waals surface area contributed by atoms with Gasteiger partial charge in [-0.15, -0.1) is 5.10 Å². The van der Waals surface area contributed by atoms with Gasteiger partial charge in [-0.05, 0) is 42.7 Å². The van der Waals surface area contributed by atoms with Gasteiger partial charge >= 0.3 is 0 Å². The molecule has 0 bridgehead atoms. The van der Waals surface area contributed by atoms with E-state index in [1.807, 2.05) is 30.3 Å². The van der Waals surface area contributed by atoms with Crippen LogP contribution in [0.15, 0.2) is 48.5 Å². The van der Waals surface area contributed by atoms with Gasteiger partial charge in [0.2, 0.25) is 15.9 Å². The summed E-state index contributed by atoms with van der Waals surface area (Å²) in [5.41, 5.74) is 3.00. The van der Waals surface area contributed by atoms with Crippen molar-refractivity contribution < 1.29 is 13.2 Å². The molecule has 0 atom stereocenters. The van der Waals surface area contributed by atoms with E-state index >= 15 is 0 Å². The lowest BCUT2D eigenvalue weighted by molar-refractivity contribution is -0.117. The van der Waals surface area contributed by atoms with Crippen LogP contribution in [0.4, 0.5) is 5.69 Å². The van der Waals surface area contributed by atoms with Gasteiger partial charge in [0.1, 0.15) is 5.52 Å². The van der Waals surface area contributed by atoms with Crippen LogP contribution in [0.3, 0.4) is 0 Å². The highest BCUT2D eigenvalue weighted by Gasteiger charge is 2.29. The molecule has 0 radical (unpaired) electrons. The SMILES string of the molecule is O=C(Nc1cccc(CNS(=O)(=O)CCn2nnc3ccccc32)c1)C1CC1. The Labute approximate surface area is 163 Å². The maximum absolute atomic E-state index is 12.4. The zero-order valence-corrected chi connectivity index (χ0v) is 16.0. The quantitative estimate of drug-likeness (QED) is 0.602. The first-order valence-corrected chi connectivity index (χ1v) is 10.8. The van der Waals surface area contributed by atoms with E-state index in [1.165, 1.54) is 0 Å². The van der Waals surface area contributed by atoms with Crippen LogP contribution >= 0.6 is 0 Å². The summed E-state index contributed by atoms with van der Waals surface area (Å²) in [5.74, 6) is 0.0474. The smallest absolute Gasteiger partial charge is 0.227 e. The van der Waals surface area contributed by atoms with Crippen molar-refractivity contribution >= 4 is 32.7 Å². The number of benzene rings is 2. The molecule has 1 aliphatic rings. The van der Waals surface area contributed by atoms with Gasteiger partial charge in [0.15, 0.2) is 0 Å². The number of rotatable bonds is 8. The Morgan fingerprint density at radius 2 is 1.96 bits per heavy atom. The summed E-state index contributed by atoms with van der Waals surface area (Å²) in [6, 6.07) is 14.6. The zero-order valence-electron chi connectivity index (χ0n) is 15.2. The number of fused-ring (bicyclic) bond motifs is 1. The molecule has 28 heavy (non-hydrogen) atoms. The van der Waals surface area contributed by atoms with Crippen LogP contribution in [0.5, 0.6) is 0 Å². The van der Waals surface area contributed by atoms with Crippen molar-refractivity contribution in [2.24, 2.45) is 5.92 Å². The first-order valence-electron chi connectivity index (χ1n) is 9.15. The van der Waals surface area contributed by atoms with E-state index in [4.69, 9.17) is 0 Å². The maximum Gasteiger partial charge on any atom is 0.227 e. The van der Waals surface area contributed by atoms with Crippen LogP contribution in [0.25, 0.3) is 11.0 Å². The number of hydrogen-bond acceptors (Lipinski definition) is 5. The fraction of sp³-hybridized carbons (Fsp3) is 0.316. The molecule has 9 heteroatoms. The Kier molecular flexibility index (Phi) is 5.10. The van der Waals surface area contributed by atoms with Crippen molar-refractivity contribution in [3.8, 4) is 0 Å². The first-order chi connectivity index (χ1) is 13.5. The van der Waals surface area contributed by atoms with Gasteiger partial charge < -0.3 is 5.32 Å². The van der Waals surface area contributed by atoms with Crippen molar-refractivity contribution in [1.82, 2.24) is 19.7 Å². The molecule has 0 unspecified atom stereocenters. The van der Waals surface area contributed by atoms with E-state index < -0.39 is 10.0 Å². The Bertz CT molecular complexity index is 1110. The molecule has 2 aromatic carbocycles. The summed E-state index contributed by atoms with van der Waals surface area (Å²) in [6.07, 6.45) is 1.87. The second kappa shape index (κ2) is 7.69. The number of hydrogen-bond donors (Lipinski definition) is 2. The highest BCUT2D eigenvalue weighted by Crippen LogP contribution is 2.30. The summed E-state index contributed by atoms with van der Waals surface area (Å²) in [4.78, 5) is 11.9. The standard InChI is InChI=1S/C19H21N5O3S/c25-19(15-8-9-15)21-16-5-3-4-14(12-16)13-20-28(26,27)11-10-24-18-7-2-1-6-17(18)22-23-24/h1-7,12,15,20H,8-11,13H2,(H,21,25). The van der Waals surface area contributed by atoms with Gasteiger partial charge in [-0.25, -0.2) is 17.8 Å². The Hall–Kier alpha value is -2.78. The van der Waals surface area contributed by atoms with Crippen molar-refractivity contribution in [2.75, 3.05) is 11.1 Å². The first kappa shape index (κ1) is 18.6. The summed E-state index contributed by atoms with van der Waals surface area (Å²) >= 11 is 0. The summed E-state index contributed by atoms with van der Waals surface area (Å²) in [5, 5.41) is 10.9. The number of nitrogens with one attached hydrogen (secondary N) is 2. The molecule has 1 amide bonds. The third-order valence-electron chi connectivity index (χ3n) is 4.63. The van der Waals surface area contributed by atoms with Gasteiger partial charge in [0, 0.05) is 18.2 Å². The van der Waals surface area contributed by atoms with Crippen molar-refractivity contribution in [1.29, 1.82) is 0 Å². The number of aryl methyl sites for hydroxylation is 1. The van der Waals surface area contributed by atoms with E-state index in [9.17, 15) is 13.2 Å². The van der Waals surface area contributed by atoms with Gasteiger partial charge in [-0.3, -0.25) is 4.79 Å². The second-order valence-corrected chi connectivity index (χ2v) is 8.83. The molecule has 0 spiro atoms.